The highest BCUT2D eigenvalue weighted by molar-refractivity contribution is 5.44. The SMILES string of the molecule is CCOC1CC(NCC(O)c2ccc3c(c2)OCCO3)C1. The molecule has 1 aromatic rings. The lowest BCUT2D eigenvalue weighted by atomic mass is 9.89. The zero-order chi connectivity index (χ0) is 14.7. The number of aliphatic hydroxyl groups is 1. The quantitative estimate of drug-likeness (QED) is 0.835. The van der Waals surface area contributed by atoms with Crippen LogP contribution in [-0.4, -0.2) is 43.6 Å². The number of hydrogen-bond acceptors (Lipinski definition) is 5. The number of rotatable bonds is 6. The summed E-state index contributed by atoms with van der Waals surface area (Å²) < 4.78 is 16.6. The van der Waals surface area contributed by atoms with Crippen molar-refractivity contribution in [1.82, 2.24) is 5.32 Å². The van der Waals surface area contributed by atoms with Gasteiger partial charge in [0, 0.05) is 19.2 Å². The fraction of sp³-hybridized carbons (Fsp3) is 0.625. The standard InChI is InChI=1S/C16H23NO4/c1-2-19-13-8-12(9-13)17-10-14(18)11-3-4-15-16(7-11)21-6-5-20-15/h3-4,7,12-14,17-18H,2,5-6,8-10H2,1H3. The minimum Gasteiger partial charge on any atom is -0.486 e. The minimum absolute atomic E-state index is 0.388. The first-order valence-corrected chi connectivity index (χ1v) is 7.69. The predicted octanol–water partition coefficient (Wildman–Crippen LogP) is 1.65. The molecule has 3 rings (SSSR count). The highest BCUT2D eigenvalue weighted by atomic mass is 16.6. The van der Waals surface area contributed by atoms with E-state index >= 15 is 0 Å². The van der Waals surface area contributed by atoms with Crippen LogP contribution in [0.15, 0.2) is 18.2 Å². The van der Waals surface area contributed by atoms with Crippen molar-refractivity contribution < 1.29 is 19.3 Å². The summed E-state index contributed by atoms with van der Waals surface area (Å²) in [6.45, 7) is 4.48. The third-order valence-corrected chi connectivity index (χ3v) is 4.05. The molecule has 2 aliphatic rings. The van der Waals surface area contributed by atoms with Crippen LogP contribution in [0, 0.1) is 0 Å². The third-order valence-electron chi connectivity index (χ3n) is 4.05. The maximum atomic E-state index is 10.3. The lowest BCUT2D eigenvalue weighted by Crippen LogP contribution is -2.46. The van der Waals surface area contributed by atoms with Gasteiger partial charge in [0.15, 0.2) is 11.5 Å². The average molecular weight is 293 g/mol. The Kier molecular flexibility index (Phi) is 4.63. The molecule has 1 unspecified atom stereocenters. The molecule has 0 bridgehead atoms. The van der Waals surface area contributed by atoms with E-state index in [1.807, 2.05) is 25.1 Å². The second-order valence-corrected chi connectivity index (χ2v) is 5.57. The molecular formula is C16H23NO4. The van der Waals surface area contributed by atoms with Crippen molar-refractivity contribution >= 4 is 0 Å². The number of fused-ring (bicyclic) bond motifs is 1. The summed E-state index contributed by atoms with van der Waals surface area (Å²) in [5, 5.41) is 13.7. The van der Waals surface area contributed by atoms with Crippen LogP contribution in [0.2, 0.25) is 0 Å². The van der Waals surface area contributed by atoms with Gasteiger partial charge in [0.05, 0.1) is 12.2 Å². The largest absolute Gasteiger partial charge is 0.486 e. The molecule has 5 nitrogen and oxygen atoms in total. The Bertz CT molecular complexity index is 473. The lowest BCUT2D eigenvalue weighted by Gasteiger charge is -2.36. The highest BCUT2D eigenvalue weighted by Crippen LogP contribution is 2.32. The normalized spacial score (nSPS) is 25.2. The summed E-state index contributed by atoms with van der Waals surface area (Å²) in [6, 6.07) is 6.07. The molecular weight excluding hydrogens is 270 g/mol. The molecule has 0 aromatic heterocycles. The van der Waals surface area contributed by atoms with E-state index in [9.17, 15) is 5.11 Å². The summed E-state index contributed by atoms with van der Waals surface area (Å²) in [5.74, 6) is 1.47. The van der Waals surface area contributed by atoms with Gasteiger partial charge in [-0.15, -0.1) is 0 Å². The first kappa shape index (κ1) is 14.6. The summed E-state index contributed by atoms with van der Waals surface area (Å²) in [7, 11) is 0. The fourth-order valence-corrected chi connectivity index (χ4v) is 2.77. The molecule has 0 saturated heterocycles. The zero-order valence-corrected chi connectivity index (χ0v) is 12.4. The zero-order valence-electron chi connectivity index (χ0n) is 12.4. The van der Waals surface area contributed by atoms with Crippen molar-refractivity contribution in [2.24, 2.45) is 0 Å². The van der Waals surface area contributed by atoms with Crippen molar-refractivity contribution in [3.05, 3.63) is 23.8 Å². The first-order chi connectivity index (χ1) is 10.3. The van der Waals surface area contributed by atoms with Crippen molar-refractivity contribution in [2.45, 2.75) is 38.0 Å². The van der Waals surface area contributed by atoms with E-state index in [2.05, 4.69) is 5.32 Å². The van der Waals surface area contributed by atoms with E-state index in [-0.39, 0.29) is 0 Å². The summed E-state index contributed by atoms with van der Waals surface area (Å²) in [6.07, 6.45) is 1.91. The number of ether oxygens (including phenoxy) is 3. The Hall–Kier alpha value is -1.30. The van der Waals surface area contributed by atoms with Gasteiger partial charge < -0.3 is 24.6 Å². The first-order valence-electron chi connectivity index (χ1n) is 7.69. The van der Waals surface area contributed by atoms with Gasteiger partial charge in [-0.2, -0.15) is 0 Å². The van der Waals surface area contributed by atoms with Crippen molar-refractivity contribution in [1.29, 1.82) is 0 Å². The van der Waals surface area contributed by atoms with Gasteiger partial charge in [0.25, 0.3) is 0 Å². The Morgan fingerprint density at radius 1 is 1.29 bits per heavy atom. The minimum atomic E-state index is -0.535. The van der Waals surface area contributed by atoms with Gasteiger partial charge in [0.1, 0.15) is 13.2 Å². The average Bonchev–Trinajstić information content (AvgIpc) is 2.48. The number of aliphatic hydroxyl groups excluding tert-OH is 1. The third kappa shape index (κ3) is 3.48. The molecule has 5 heteroatoms. The van der Waals surface area contributed by atoms with E-state index in [1.54, 1.807) is 0 Å². The summed E-state index contributed by atoms with van der Waals surface area (Å²) in [4.78, 5) is 0. The van der Waals surface area contributed by atoms with Crippen LogP contribution in [0.4, 0.5) is 0 Å². The van der Waals surface area contributed by atoms with Crippen LogP contribution >= 0.6 is 0 Å². The molecule has 0 spiro atoms. The lowest BCUT2D eigenvalue weighted by molar-refractivity contribution is -0.0123. The van der Waals surface area contributed by atoms with Crippen LogP contribution in [0.5, 0.6) is 11.5 Å². The van der Waals surface area contributed by atoms with Gasteiger partial charge in [-0.1, -0.05) is 6.07 Å². The van der Waals surface area contributed by atoms with Crippen LogP contribution < -0.4 is 14.8 Å². The second kappa shape index (κ2) is 6.64. The molecule has 1 atom stereocenters. The van der Waals surface area contributed by atoms with E-state index < -0.39 is 6.10 Å². The fourth-order valence-electron chi connectivity index (χ4n) is 2.77. The molecule has 21 heavy (non-hydrogen) atoms. The molecule has 1 heterocycles. The van der Waals surface area contributed by atoms with Crippen LogP contribution in [0.3, 0.4) is 0 Å². The Labute approximate surface area is 125 Å². The topological polar surface area (TPSA) is 60.0 Å². The van der Waals surface area contributed by atoms with Crippen molar-refractivity contribution in [3.63, 3.8) is 0 Å². The smallest absolute Gasteiger partial charge is 0.161 e. The molecule has 0 radical (unpaired) electrons. The Balaban J connectivity index is 1.48. The number of benzene rings is 1. The van der Waals surface area contributed by atoms with Crippen LogP contribution in [0.25, 0.3) is 0 Å². The van der Waals surface area contributed by atoms with E-state index in [0.29, 0.717) is 31.9 Å². The molecule has 1 aliphatic carbocycles. The molecule has 1 saturated carbocycles. The molecule has 116 valence electrons. The Morgan fingerprint density at radius 2 is 2.05 bits per heavy atom. The molecule has 0 amide bonds. The van der Waals surface area contributed by atoms with Gasteiger partial charge in [-0.25, -0.2) is 0 Å². The van der Waals surface area contributed by atoms with E-state index in [4.69, 9.17) is 14.2 Å². The summed E-state index contributed by atoms with van der Waals surface area (Å²) >= 11 is 0. The van der Waals surface area contributed by atoms with Gasteiger partial charge in [-0.05, 0) is 37.5 Å². The molecule has 1 aromatic carbocycles. The second-order valence-electron chi connectivity index (χ2n) is 5.57. The summed E-state index contributed by atoms with van der Waals surface area (Å²) in [5.41, 5.74) is 0.854. The van der Waals surface area contributed by atoms with E-state index in [1.165, 1.54) is 0 Å². The number of hydrogen-bond donors (Lipinski definition) is 2. The number of nitrogens with one attached hydrogen (secondary N) is 1. The van der Waals surface area contributed by atoms with Gasteiger partial charge >= 0.3 is 0 Å². The monoisotopic (exact) mass is 293 g/mol. The van der Waals surface area contributed by atoms with Crippen molar-refractivity contribution in [2.75, 3.05) is 26.4 Å². The van der Waals surface area contributed by atoms with Crippen LogP contribution in [0.1, 0.15) is 31.4 Å². The molecule has 1 aliphatic heterocycles. The Morgan fingerprint density at radius 3 is 2.81 bits per heavy atom. The van der Waals surface area contributed by atoms with Crippen LogP contribution in [-0.2, 0) is 4.74 Å². The van der Waals surface area contributed by atoms with Crippen molar-refractivity contribution in [3.8, 4) is 11.5 Å². The van der Waals surface area contributed by atoms with E-state index in [0.717, 1.165) is 36.5 Å². The molecule has 2 N–H and O–H groups in total. The predicted molar refractivity (Wildman–Crippen MR) is 78.8 cm³/mol. The molecule has 1 fully saturated rings. The van der Waals surface area contributed by atoms with Gasteiger partial charge in [-0.3, -0.25) is 0 Å². The highest BCUT2D eigenvalue weighted by Gasteiger charge is 2.29. The van der Waals surface area contributed by atoms with Gasteiger partial charge in [0.2, 0.25) is 0 Å². The maximum absolute atomic E-state index is 10.3. The maximum Gasteiger partial charge on any atom is 0.161 e.